The lowest BCUT2D eigenvalue weighted by Gasteiger charge is -2.40. The molecule has 3 aromatic rings. The minimum Gasteiger partial charge on any atom is -0.359 e. The Bertz CT molecular complexity index is 1150. The highest BCUT2D eigenvalue weighted by Gasteiger charge is 2.35. The number of fused-ring (bicyclic) bond motifs is 1. The summed E-state index contributed by atoms with van der Waals surface area (Å²) < 4.78 is 1.99. The summed E-state index contributed by atoms with van der Waals surface area (Å²) in [6.45, 7) is 5.70. The van der Waals surface area contributed by atoms with Gasteiger partial charge in [-0.2, -0.15) is 5.10 Å². The number of nitrogens with zero attached hydrogens (tertiary/aromatic N) is 6. The van der Waals surface area contributed by atoms with Crippen LogP contribution in [0.15, 0.2) is 42.7 Å². The van der Waals surface area contributed by atoms with E-state index < -0.39 is 0 Å². The van der Waals surface area contributed by atoms with Crippen molar-refractivity contribution in [3.05, 3.63) is 65.4 Å². The Hall–Kier alpha value is -3.75. The van der Waals surface area contributed by atoms with Crippen LogP contribution in [-0.4, -0.2) is 56.1 Å². The molecule has 5 rings (SSSR count). The molecule has 0 aliphatic carbocycles. The molecule has 31 heavy (non-hydrogen) atoms. The predicted octanol–water partition coefficient (Wildman–Crippen LogP) is 1.95. The number of carbonyl (C=O) groups excluding carboxylic acids is 2. The Morgan fingerprint density at radius 2 is 2.03 bits per heavy atom. The van der Waals surface area contributed by atoms with Gasteiger partial charge in [0.15, 0.2) is 5.82 Å². The van der Waals surface area contributed by atoms with Crippen LogP contribution >= 0.6 is 0 Å². The molecule has 1 N–H and O–H groups in total. The Morgan fingerprint density at radius 1 is 1.19 bits per heavy atom. The molecule has 0 atom stereocenters. The van der Waals surface area contributed by atoms with Crippen molar-refractivity contribution < 1.29 is 9.59 Å². The van der Waals surface area contributed by atoms with Crippen LogP contribution < -0.4 is 10.2 Å². The number of aryl methyl sites for hydroxylation is 2. The minimum atomic E-state index is -0.0936. The number of rotatable bonds is 4. The normalized spacial score (nSPS) is 16.0. The van der Waals surface area contributed by atoms with Gasteiger partial charge in [0.2, 0.25) is 5.91 Å². The molecule has 3 aromatic heterocycles. The van der Waals surface area contributed by atoms with Gasteiger partial charge in [-0.1, -0.05) is 6.07 Å². The van der Waals surface area contributed by atoms with Gasteiger partial charge in [-0.25, -0.2) is 4.98 Å². The molecular formula is C22H23N7O2. The zero-order valence-electron chi connectivity index (χ0n) is 17.4. The molecule has 1 saturated heterocycles. The number of nitrogens with one attached hydrogen (secondary N) is 1. The number of pyridine rings is 2. The van der Waals surface area contributed by atoms with Gasteiger partial charge in [0.1, 0.15) is 0 Å². The fraction of sp³-hybridized carbons (Fsp3) is 0.318. The van der Waals surface area contributed by atoms with Crippen LogP contribution in [0.4, 0.5) is 11.5 Å². The summed E-state index contributed by atoms with van der Waals surface area (Å²) in [6, 6.07) is 9.56. The maximum absolute atomic E-state index is 13.0. The molecule has 158 valence electrons. The summed E-state index contributed by atoms with van der Waals surface area (Å²) in [7, 11) is 0. The van der Waals surface area contributed by atoms with E-state index in [1.54, 1.807) is 28.3 Å². The van der Waals surface area contributed by atoms with E-state index in [0.717, 1.165) is 17.1 Å². The Morgan fingerprint density at radius 3 is 2.74 bits per heavy atom. The van der Waals surface area contributed by atoms with Crippen molar-refractivity contribution in [1.82, 2.24) is 24.6 Å². The highest BCUT2D eigenvalue weighted by atomic mass is 16.2. The molecule has 0 aromatic carbocycles. The maximum Gasteiger partial charge on any atom is 0.255 e. The van der Waals surface area contributed by atoms with E-state index in [9.17, 15) is 9.59 Å². The molecule has 2 aliphatic rings. The summed E-state index contributed by atoms with van der Waals surface area (Å²) in [4.78, 5) is 37.8. The van der Waals surface area contributed by atoms with E-state index in [0.29, 0.717) is 36.7 Å². The van der Waals surface area contributed by atoms with Gasteiger partial charge in [-0.15, -0.1) is 0 Å². The Labute approximate surface area is 179 Å². The zero-order valence-corrected chi connectivity index (χ0v) is 17.4. The van der Waals surface area contributed by atoms with Crippen molar-refractivity contribution in [2.75, 3.05) is 29.9 Å². The average Bonchev–Trinajstić information content (AvgIpc) is 3.07. The number of likely N-dealkylation sites (tertiary alicyclic amines) is 1. The summed E-state index contributed by atoms with van der Waals surface area (Å²) in [5.74, 6) is 0.415. The lowest BCUT2D eigenvalue weighted by Crippen LogP contribution is -2.51. The molecule has 0 bridgehead atoms. The van der Waals surface area contributed by atoms with E-state index in [4.69, 9.17) is 0 Å². The van der Waals surface area contributed by atoms with Gasteiger partial charge in [0.25, 0.3) is 5.91 Å². The molecule has 0 radical (unpaired) electrons. The number of carbonyl (C=O) groups is 2. The van der Waals surface area contributed by atoms with Crippen molar-refractivity contribution in [1.29, 1.82) is 0 Å². The fourth-order valence-electron chi connectivity index (χ4n) is 4.10. The van der Waals surface area contributed by atoms with Crippen molar-refractivity contribution in [2.45, 2.75) is 26.4 Å². The van der Waals surface area contributed by atoms with E-state index in [2.05, 4.69) is 20.4 Å². The molecule has 0 spiro atoms. The average molecular weight is 417 g/mol. The minimum absolute atomic E-state index is 0.0851. The van der Waals surface area contributed by atoms with Crippen molar-refractivity contribution in [3.63, 3.8) is 0 Å². The largest absolute Gasteiger partial charge is 0.359 e. The quantitative estimate of drug-likeness (QED) is 0.697. The van der Waals surface area contributed by atoms with Crippen molar-refractivity contribution >= 4 is 23.3 Å². The molecule has 5 heterocycles. The standard InChI is InChI=1S/C22H23N7O2/c1-14-7-15(2)29(26-14)18-12-27(13-18)22(31)16-8-19-21(24-9-16)25-10-20(30)28(19)11-17-5-3-4-6-23-17/h3-9,18H,10-13H2,1-2H3,(H,24,25). The predicted molar refractivity (Wildman–Crippen MR) is 115 cm³/mol. The van der Waals surface area contributed by atoms with E-state index >= 15 is 0 Å². The van der Waals surface area contributed by atoms with Crippen LogP contribution in [0.3, 0.4) is 0 Å². The summed E-state index contributed by atoms with van der Waals surface area (Å²) in [5, 5.41) is 7.55. The first kappa shape index (κ1) is 19.2. The van der Waals surface area contributed by atoms with Crippen LogP contribution in [0.2, 0.25) is 0 Å². The summed E-state index contributed by atoms with van der Waals surface area (Å²) in [5.41, 5.74) is 3.92. The fourth-order valence-corrected chi connectivity index (χ4v) is 4.10. The van der Waals surface area contributed by atoms with E-state index in [1.807, 2.05) is 42.8 Å². The molecular weight excluding hydrogens is 394 g/mol. The van der Waals surface area contributed by atoms with Gasteiger partial charge in [-0.3, -0.25) is 19.3 Å². The van der Waals surface area contributed by atoms with E-state index in [-0.39, 0.29) is 24.4 Å². The van der Waals surface area contributed by atoms with Gasteiger partial charge in [0, 0.05) is 31.2 Å². The second kappa shape index (κ2) is 7.50. The van der Waals surface area contributed by atoms with Crippen LogP contribution in [0.25, 0.3) is 0 Å². The van der Waals surface area contributed by atoms with Crippen molar-refractivity contribution in [2.24, 2.45) is 0 Å². The second-order valence-electron chi connectivity index (χ2n) is 7.98. The highest BCUT2D eigenvalue weighted by Crippen LogP contribution is 2.31. The topological polar surface area (TPSA) is 96.3 Å². The molecule has 2 aliphatic heterocycles. The Kier molecular flexibility index (Phi) is 4.65. The van der Waals surface area contributed by atoms with Crippen LogP contribution in [0.5, 0.6) is 0 Å². The van der Waals surface area contributed by atoms with Gasteiger partial charge in [-0.05, 0) is 38.1 Å². The lowest BCUT2D eigenvalue weighted by atomic mass is 10.1. The number of aromatic nitrogens is 4. The molecule has 9 heteroatoms. The first-order valence-electron chi connectivity index (χ1n) is 10.3. The van der Waals surface area contributed by atoms with Crippen LogP contribution in [0.1, 0.15) is 33.5 Å². The third-order valence-electron chi connectivity index (χ3n) is 5.70. The van der Waals surface area contributed by atoms with Crippen molar-refractivity contribution in [3.8, 4) is 0 Å². The summed E-state index contributed by atoms with van der Waals surface area (Å²) in [6.07, 6.45) is 3.27. The van der Waals surface area contributed by atoms with Crippen LogP contribution in [0, 0.1) is 13.8 Å². The van der Waals surface area contributed by atoms with Gasteiger partial charge >= 0.3 is 0 Å². The second-order valence-corrected chi connectivity index (χ2v) is 7.98. The SMILES string of the molecule is Cc1cc(C)n(C2CN(C(=O)c3cnc4c(c3)N(Cc3ccccn3)C(=O)CN4)C2)n1. The monoisotopic (exact) mass is 417 g/mol. The lowest BCUT2D eigenvalue weighted by molar-refractivity contribution is -0.117. The molecule has 0 saturated carbocycles. The third-order valence-corrected chi connectivity index (χ3v) is 5.70. The van der Waals surface area contributed by atoms with Gasteiger partial charge < -0.3 is 15.1 Å². The number of hydrogen-bond acceptors (Lipinski definition) is 6. The summed E-state index contributed by atoms with van der Waals surface area (Å²) >= 11 is 0. The highest BCUT2D eigenvalue weighted by molar-refractivity contribution is 6.04. The first-order chi connectivity index (χ1) is 15.0. The number of hydrogen-bond donors (Lipinski definition) is 1. The maximum atomic E-state index is 13.0. The number of amides is 2. The third kappa shape index (κ3) is 3.52. The molecule has 9 nitrogen and oxygen atoms in total. The molecule has 1 fully saturated rings. The molecule has 0 unspecified atom stereocenters. The van der Waals surface area contributed by atoms with Crippen LogP contribution in [-0.2, 0) is 11.3 Å². The zero-order chi connectivity index (χ0) is 21.5. The smallest absolute Gasteiger partial charge is 0.255 e. The number of anilines is 2. The van der Waals surface area contributed by atoms with Gasteiger partial charge in [0.05, 0.1) is 41.8 Å². The first-order valence-corrected chi connectivity index (χ1v) is 10.3. The van der Waals surface area contributed by atoms with E-state index in [1.165, 1.54) is 0 Å². The molecule has 2 amide bonds. The Balaban J connectivity index is 1.35.